The van der Waals surface area contributed by atoms with Gasteiger partial charge in [-0.2, -0.15) is 0 Å². The summed E-state index contributed by atoms with van der Waals surface area (Å²) in [7, 11) is 0. The third-order valence-electron chi connectivity index (χ3n) is 3.11. The molecule has 1 saturated carbocycles. The molecule has 1 atom stereocenters. The normalized spacial score (nSPS) is 30.0. The highest BCUT2D eigenvalue weighted by Crippen LogP contribution is 2.63. The number of hydrogen-bond acceptors (Lipinski definition) is 4. The van der Waals surface area contributed by atoms with E-state index in [2.05, 4.69) is 23.4 Å². The standard InChI is InChI=1S/C9H12N2OS/c1-8(2)5-9(8,6-12)3-7-4-13-11-10-7/h4,6H,3,5H2,1-2H3. The van der Waals surface area contributed by atoms with E-state index in [1.807, 2.05) is 5.38 Å². The molecule has 0 spiro atoms. The number of hydrogen-bond donors (Lipinski definition) is 0. The van der Waals surface area contributed by atoms with Gasteiger partial charge in [0.2, 0.25) is 0 Å². The Hall–Kier alpha value is -0.770. The fourth-order valence-corrected chi connectivity index (χ4v) is 2.32. The quantitative estimate of drug-likeness (QED) is 0.691. The number of rotatable bonds is 3. The first-order chi connectivity index (χ1) is 6.10. The maximum absolute atomic E-state index is 11.0. The van der Waals surface area contributed by atoms with Crippen LogP contribution in [0.3, 0.4) is 0 Å². The summed E-state index contributed by atoms with van der Waals surface area (Å²) in [5.41, 5.74) is 0.934. The molecule has 1 aromatic heterocycles. The summed E-state index contributed by atoms with van der Waals surface area (Å²) < 4.78 is 3.79. The maximum atomic E-state index is 11.0. The van der Waals surface area contributed by atoms with Gasteiger partial charge < -0.3 is 4.79 Å². The van der Waals surface area contributed by atoms with Crippen molar-refractivity contribution in [3.63, 3.8) is 0 Å². The summed E-state index contributed by atoms with van der Waals surface area (Å²) in [5.74, 6) is 0. The van der Waals surface area contributed by atoms with Crippen LogP contribution in [0.2, 0.25) is 0 Å². The van der Waals surface area contributed by atoms with Crippen LogP contribution < -0.4 is 0 Å². The largest absolute Gasteiger partial charge is 0.303 e. The Morgan fingerprint density at radius 1 is 1.69 bits per heavy atom. The van der Waals surface area contributed by atoms with Crippen LogP contribution in [0.1, 0.15) is 26.0 Å². The summed E-state index contributed by atoms with van der Waals surface area (Å²) in [6, 6.07) is 0. The van der Waals surface area contributed by atoms with Crippen LogP contribution in [0.4, 0.5) is 0 Å². The second-order valence-electron chi connectivity index (χ2n) is 4.41. The Morgan fingerprint density at radius 2 is 2.38 bits per heavy atom. The molecule has 2 rings (SSSR count). The van der Waals surface area contributed by atoms with Crippen molar-refractivity contribution in [1.29, 1.82) is 0 Å². The molecule has 0 N–H and O–H groups in total. The lowest BCUT2D eigenvalue weighted by atomic mass is 9.93. The molecule has 70 valence electrons. The number of aldehydes is 1. The number of nitrogens with zero attached hydrogens (tertiary/aromatic N) is 2. The average Bonchev–Trinajstić information content (AvgIpc) is 2.52. The van der Waals surface area contributed by atoms with E-state index >= 15 is 0 Å². The minimum Gasteiger partial charge on any atom is -0.303 e. The second-order valence-corrected chi connectivity index (χ2v) is 5.02. The Morgan fingerprint density at radius 3 is 2.77 bits per heavy atom. The van der Waals surface area contributed by atoms with Crippen molar-refractivity contribution < 1.29 is 4.79 Å². The average molecular weight is 196 g/mol. The molecule has 1 aliphatic rings. The topological polar surface area (TPSA) is 42.9 Å². The Kier molecular flexibility index (Phi) is 1.77. The van der Waals surface area contributed by atoms with Gasteiger partial charge in [-0.05, 0) is 23.4 Å². The molecule has 4 heteroatoms. The SMILES string of the molecule is CC1(C)CC1(C=O)Cc1csnn1. The molecule has 3 nitrogen and oxygen atoms in total. The van der Waals surface area contributed by atoms with Crippen molar-refractivity contribution in [2.45, 2.75) is 26.7 Å². The van der Waals surface area contributed by atoms with E-state index in [1.165, 1.54) is 11.5 Å². The zero-order valence-corrected chi connectivity index (χ0v) is 8.60. The van der Waals surface area contributed by atoms with Gasteiger partial charge in [-0.15, -0.1) is 5.10 Å². The summed E-state index contributed by atoms with van der Waals surface area (Å²) >= 11 is 1.34. The van der Waals surface area contributed by atoms with Crippen LogP contribution in [0.5, 0.6) is 0 Å². The summed E-state index contributed by atoms with van der Waals surface area (Å²) in [4.78, 5) is 11.0. The lowest BCUT2D eigenvalue weighted by Crippen LogP contribution is -2.14. The molecule has 0 saturated heterocycles. The van der Waals surface area contributed by atoms with Crippen molar-refractivity contribution in [3.05, 3.63) is 11.1 Å². The first-order valence-electron chi connectivity index (χ1n) is 4.32. The highest BCUT2D eigenvalue weighted by molar-refractivity contribution is 7.03. The minimum absolute atomic E-state index is 0.151. The first kappa shape index (κ1) is 8.81. The van der Waals surface area contributed by atoms with E-state index < -0.39 is 0 Å². The van der Waals surface area contributed by atoms with Crippen LogP contribution in [-0.2, 0) is 11.2 Å². The molecular formula is C9H12N2OS. The smallest absolute Gasteiger partial charge is 0.127 e. The molecular weight excluding hydrogens is 184 g/mol. The Bertz CT molecular complexity index is 320. The van der Waals surface area contributed by atoms with Crippen LogP contribution in [-0.4, -0.2) is 15.9 Å². The van der Waals surface area contributed by atoms with Crippen molar-refractivity contribution in [2.75, 3.05) is 0 Å². The number of carbonyl (C=O) groups is 1. The predicted octanol–water partition coefficient (Wildman–Crippen LogP) is 1.70. The van der Waals surface area contributed by atoms with Gasteiger partial charge in [-0.1, -0.05) is 18.3 Å². The van der Waals surface area contributed by atoms with E-state index in [9.17, 15) is 4.79 Å². The van der Waals surface area contributed by atoms with Crippen molar-refractivity contribution >= 4 is 17.8 Å². The van der Waals surface area contributed by atoms with E-state index in [-0.39, 0.29) is 10.8 Å². The molecule has 1 fully saturated rings. The van der Waals surface area contributed by atoms with Gasteiger partial charge in [-0.3, -0.25) is 0 Å². The molecule has 0 radical (unpaired) electrons. The molecule has 1 aromatic rings. The third-order valence-corrected chi connectivity index (χ3v) is 3.66. The van der Waals surface area contributed by atoms with E-state index in [0.717, 1.165) is 24.8 Å². The number of aromatic nitrogens is 2. The Labute approximate surface area is 81.3 Å². The third kappa shape index (κ3) is 1.29. The summed E-state index contributed by atoms with van der Waals surface area (Å²) in [6.07, 6.45) is 2.81. The van der Waals surface area contributed by atoms with E-state index in [1.54, 1.807) is 0 Å². The maximum Gasteiger partial charge on any atom is 0.127 e. The molecule has 1 unspecified atom stereocenters. The predicted molar refractivity (Wildman–Crippen MR) is 50.5 cm³/mol. The first-order valence-corrected chi connectivity index (χ1v) is 5.16. The molecule has 0 aromatic carbocycles. The van der Waals surface area contributed by atoms with Crippen LogP contribution >= 0.6 is 11.5 Å². The Balaban J connectivity index is 2.14. The van der Waals surface area contributed by atoms with Crippen molar-refractivity contribution in [3.8, 4) is 0 Å². The lowest BCUT2D eigenvalue weighted by molar-refractivity contribution is -0.113. The van der Waals surface area contributed by atoms with Gasteiger partial charge in [-0.25, -0.2) is 0 Å². The summed E-state index contributed by atoms with van der Waals surface area (Å²) in [5, 5.41) is 5.88. The summed E-state index contributed by atoms with van der Waals surface area (Å²) in [6.45, 7) is 4.25. The molecule has 1 aliphatic carbocycles. The van der Waals surface area contributed by atoms with Crippen molar-refractivity contribution in [2.24, 2.45) is 10.8 Å². The fourth-order valence-electron chi connectivity index (χ4n) is 1.87. The van der Waals surface area contributed by atoms with Crippen LogP contribution in [0.15, 0.2) is 5.38 Å². The molecule has 0 aliphatic heterocycles. The lowest BCUT2D eigenvalue weighted by Gasteiger charge is -2.10. The highest BCUT2D eigenvalue weighted by Gasteiger charge is 2.61. The van der Waals surface area contributed by atoms with Gasteiger partial charge in [0.1, 0.15) is 6.29 Å². The molecule has 1 heterocycles. The monoisotopic (exact) mass is 196 g/mol. The van der Waals surface area contributed by atoms with E-state index in [4.69, 9.17) is 0 Å². The van der Waals surface area contributed by atoms with Crippen LogP contribution in [0.25, 0.3) is 0 Å². The minimum atomic E-state index is -0.164. The van der Waals surface area contributed by atoms with Gasteiger partial charge in [0.15, 0.2) is 0 Å². The zero-order valence-electron chi connectivity index (χ0n) is 7.78. The molecule has 13 heavy (non-hydrogen) atoms. The van der Waals surface area contributed by atoms with Gasteiger partial charge in [0, 0.05) is 17.2 Å². The van der Waals surface area contributed by atoms with E-state index in [0.29, 0.717) is 0 Å². The van der Waals surface area contributed by atoms with Crippen LogP contribution in [0, 0.1) is 10.8 Å². The van der Waals surface area contributed by atoms with Gasteiger partial charge >= 0.3 is 0 Å². The molecule has 0 bridgehead atoms. The van der Waals surface area contributed by atoms with Crippen molar-refractivity contribution in [1.82, 2.24) is 9.59 Å². The van der Waals surface area contributed by atoms with Gasteiger partial charge in [0.25, 0.3) is 0 Å². The van der Waals surface area contributed by atoms with Gasteiger partial charge in [0.05, 0.1) is 5.69 Å². The fraction of sp³-hybridized carbons (Fsp3) is 0.667. The molecule has 0 amide bonds. The second kappa shape index (κ2) is 2.61. The number of carbonyl (C=O) groups excluding carboxylic acids is 1. The highest BCUT2D eigenvalue weighted by atomic mass is 32.1. The zero-order chi connectivity index (χ0) is 9.53.